The van der Waals surface area contributed by atoms with Crippen LogP contribution in [0.1, 0.15) is 75.6 Å². The van der Waals surface area contributed by atoms with Crippen molar-refractivity contribution in [3.63, 3.8) is 0 Å². The molecule has 1 aliphatic rings. The maximum absolute atomic E-state index is 13.5. The van der Waals surface area contributed by atoms with E-state index in [2.05, 4.69) is 10.6 Å². The summed E-state index contributed by atoms with van der Waals surface area (Å²) in [6.45, 7) is 7.86. The van der Waals surface area contributed by atoms with Gasteiger partial charge >= 0.3 is 18.0 Å². The van der Waals surface area contributed by atoms with Crippen LogP contribution in [0, 0.1) is 0 Å². The molecule has 0 bridgehead atoms. The van der Waals surface area contributed by atoms with E-state index in [1.54, 1.807) is 62.1 Å². The number of carboxylic acids is 1. The third-order valence-corrected chi connectivity index (χ3v) is 9.26. The molecular weight excluding hydrogens is 618 g/mol. The van der Waals surface area contributed by atoms with Crippen LogP contribution >= 0.6 is 23.1 Å². The highest BCUT2D eigenvalue weighted by atomic mass is 32.2. The van der Waals surface area contributed by atoms with E-state index in [9.17, 15) is 29.1 Å². The smallest absolute Gasteiger partial charge is 0.410 e. The second-order valence-corrected chi connectivity index (χ2v) is 13.6. The number of aromatic carboxylic acids is 1. The Morgan fingerprint density at radius 3 is 2.40 bits per heavy atom. The zero-order valence-corrected chi connectivity index (χ0v) is 27.2. The van der Waals surface area contributed by atoms with E-state index < -0.39 is 34.8 Å². The van der Waals surface area contributed by atoms with Gasteiger partial charge in [0.05, 0.1) is 35.6 Å². The van der Waals surface area contributed by atoms with Crippen LogP contribution in [-0.2, 0) is 27.2 Å². The van der Waals surface area contributed by atoms with Gasteiger partial charge in [0.15, 0.2) is 0 Å². The molecule has 0 saturated heterocycles. The molecule has 0 aliphatic carbocycles. The summed E-state index contributed by atoms with van der Waals surface area (Å²) in [6.07, 6.45) is 0.426. The minimum absolute atomic E-state index is 0.0307. The number of benzene rings is 2. The topological polar surface area (TPSA) is 151 Å². The van der Waals surface area contributed by atoms with E-state index in [1.165, 1.54) is 42.3 Å². The van der Waals surface area contributed by atoms with Crippen LogP contribution in [0.25, 0.3) is 0 Å². The number of rotatable bonds is 9. The summed E-state index contributed by atoms with van der Waals surface area (Å²) < 4.78 is 10.6. The Bertz CT molecular complexity index is 1630. The Morgan fingerprint density at radius 2 is 1.76 bits per heavy atom. The predicted octanol–water partition coefficient (Wildman–Crippen LogP) is 6.29. The van der Waals surface area contributed by atoms with E-state index in [-0.39, 0.29) is 23.6 Å². The number of esters is 1. The number of nitrogens with zero attached hydrogens (tertiary/aromatic N) is 1. The molecule has 0 saturated carbocycles. The fraction of sp³-hybridized carbons (Fsp3) is 0.344. The van der Waals surface area contributed by atoms with Crippen LogP contribution in [0.4, 0.5) is 15.5 Å². The van der Waals surface area contributed by atoms with Crippen molar-refractivity contribution in [2.24, 2.45) is 0 Å². The second-order valence-electron chi connectivity index (χ2n) is 11.2. The van der Waals surface area contributed by atoms with Gasteiger partial charge in [-0.05, 0) is 69.5 Å². The number of methoxy groups -OCH3 is 1. The maximum Gasteiger partial charge on any atom is 0.410 e. The predicted molar refractivity (Wildman–Crippen MR) is 172 cm³/mol. The molecule has 1 aliphatic heterocycles. The Hall–Kier alpha value is -4.36. The van der Waals surface area contributed by atoms with Crippen LogP contribution in [-0.4, -0.2) is 64.4 Å². The SMILES string of the molecule is CCC(Sc1cccc(NC(=O)c2ccccc2C(=O)O)c1)C(=O)Nc1sc2c(c1C(=O)OC)CCN(C(=O)OC(C)(C)C)C2. The molecule has 1 atom stereocenters. The molecule has 11 nitrogen and oxygen atoms in total. The lowest BCUT2D eigenvalue weighted by Crippen LogP contribution is -2.39. The van der Waals surface area contributed by atoms with E-state index in [0.29, 0.717) is 40.5 Å². The van der Waals surface area contributed by atoms with Gasteiger partial charge in [0.2, 0.25) is 5.91 Å². The van der Waals surface area contributed by atoms with Gasteiger partial charge in [-0.2, -0.15) is 0 Å². The molecule has 4 rings (SSSR count). The number of anilines is 2. The molecule has 0 fully saturated rings. The number of thioether (sulfide) groups is 1. The molecule has 3 aromatic rings. The highest BCUT2D eigenvalue weighted by molar-refractivity contribution is 8.00. The van der Waals surface area contributed by atoms with Crippen molar-refractivity contribution in [3.05, 3.63) is 75.7 Å². The lowest BCUT2D eigenvalue weighted by atomic mass is 10.0. The number of nitrogens with one attached hydrogen (secondary N) is 2. The normalized spacial score (nSPS) is 13.3. The fourth-order valence-electron chi connectivity index (χ4n) is 4.68. The molecule has 0 spiro atoms. The Labute approximate surface area is 269 Å². The number of hydrogen-bond acceptors (Lipinski definition) is 9. The molecule has 0 radical (unpaired) electrons. The highest BCUT2D eigenvalue weighted by Crippen LogP contribution is 2.39. The summed E-state index contributed by atoms with van der Waals surface area (Å²) >= 11 is 2.52. The minimum Gasteiger partial charge on any atom is -0.478 e. The molecule has 1 aromatic heterocycles. The highest BCUT2D eigenvalue weighted by Gasteiger charge is 2.33. The molecule has 2 aromatic carbocycles. The van der Waals surface area contributed by atoms with Gasteiger partial charge in [0, 0.05) is 22.0 Å². The molecule has 3 amide bonds. The van der Waals surface area contributed by atoms with Gasteiger partial charge in [0.1, 0.15) is 10.6 Å². The Kier molecular flexibility index (Phi) is 10.6. The van der Waals surface area contributed by atoms with Crippen molar-refractivity contribution in [2.75, 3.05) is 24.3 Å². The van der Waals surface area contributed by atoms with Crippen LogP contribution in [0.2, 0.25) is 0 Å². The average Bonchev–Trinajstić information content (AvgIpc) is 3.35. The van der Waals surface area contributed by atoms with Crippen LogP contribution in [0.3, 0.4) is 0 Å². The van der Waals surface area contributed by atoms with E-state index in [4.69, 9.17) is 9.47 Å². The van der Waals surface area contributed by atoms with Crippen molar-refractivity contribution in [1.29, 1.82) is 0 Å². The fourth-order valence-corrected chi connectivity index (χ4v) is 6.95. The monoisotopic (exact) mass is 653 g/mol. The molecular formula is C32H35N3O8S2. The maximum atomic E-state index is 13.5. The first-order valence-electron chi connectivity index (χ1n) is 14.2. The summed E-state index contributed by atoms with van der Waals surface area (Å²) in [5, 5.41) is 14.9. The average molecular weight is 654 g/mol. The Balaban J connectivity index is 1.49. The second kappa shape index (κ2) is 14.2. The first-order valence-corrected chi connectivity index (χ1v) is 15.9. The van der Waals surface area contributed by atoms with E-state index in [1.807, 2.05) is 6.92 Å². The van der Waals surface area contributed by atoms with Crippen molar-refractivity contribution in [2.45, 2.75) is 62.8 Å². The lowest BCUT2D eigenvalue weighted by molar-refractivity contribution is -0.115. The third-order valence-electron chi connectivity index (χ3n) is 6.77. The minimum atomic E-state index is -1.20. The first kappa shape index (κ1) is 33.5. The summed E-state index contributed by atoms with van der Waals surface area (Å²) in [7, 11) is 1.28. The van der Waals surface area contributed by atoms with Gasteiger partial charge in [-0.3, -0.25) is 9.59 Å². The number of carbonyl (C=O) groups is 5. The van der Waals surface area contributed by atoms with Gasteiger partial charge in [-0.25, -0.2) is 14.4 Å². The number of carbonyl (C=O) groups excluding carboxylic acids is 4. The van der Waals surface area contributed by atoms with Gasteiger partial charge in [-0.1, -0.05) is 25.1 Å². The molecule has 3 N–H and O–H groups in total. The molecule has 45 heavy (non-hydrogen) atoms. The largest absolute Gasteiger partial charge is 0.478 e. The van der Waals surface area contributed by atoms with E-state index >= 15 is 0 Å². The number of carboxylic acid groups (broad SMARTS) is 1. The molecule has 238 valence electrons. The zero-order chi connectivity index (χ0) is 32.9. The number of hydrogen-bond donors (Lipinski definition) is 3. The van der Waals surface area contributed by atoms with Crippen molar-refractivity contribution < 1.29 is 38.6 Å². The number of thiophene rings is 1. The van der Waals surface area contributed by atoms with Gasteiger partial charge < -0.3 is 30.1 Å². The quantitative estimate of drug-likeness (QED) is 0.179. The number of fused-ring (bicyclic) bond motifs is 1. The molecule has 1 unspecified atom stereocenters. The lowest BCUT2D eigenvalue weighted by Gasteiger charge is -2.30. The van der Waals surface area contributed by atoms with Crippen LogP contribution < -0.4 is 10.6 Å². The summed E-state index contributed by atoms with van der Waals surface area (Å²) in [5.41, 5.74) is 0.753. The summed E-state index contributed by atoms with van der Waals surface area (Å²) in [6, 6.07) is 12.8. The van der Waals surface area contributed by atoms with Crippen molar-refractivity contribution in [1.82, 2.24) is 4.90 Å². The number of amides is 3. The summed E-state index contributed by atoms with van der Waals surface area (Å²) in [5.74, 6) is -2.66. The van der Waals surface area contributed by atoms with Gasteiger partial charge in [0.25, 0.3) is 5.91 Å². The van der Waals surface area contributed by atoms with Crippen molar-refractivity contribution in [3.8, 4) is 0 Å². The summed E-state index contributed by atoms with van der Waals surface area (Å²) in [4.78, 5) is 66.5. The zero-order valence-electron chi connectivity index (χ0n) is 25.6. The van der Waals surface area contributed by atoms with Gasteiger partial charge in [-0.15, -0.1) is 23.1 Å². The Morgan fingerprint density at radius 1 is 1.04 bits per heavy atom. The van der Waals surface area contributed by atoms with Crippen LogP contribution in [0.5, 0.6) is 0 Å². The first-order chi connectivity index (χ1) is 21.3. The van der Waals surface area contributed by atoms with E-state index in [0.717, 1.165) is 10.4 Å². The molecule has 13 heteroatoms. The number of ether oxygens (including phenoxy) is 2. The molecule has 2 heterocycles. The standard InChI is InChI=1S/C32H35N3O8S2/c1-6-23(44-19-11-9-10-18(16-19)33-26(36)20-12-7-8-13-21(20)29(38)39)27(37)34-28-25(30(40)42-5)22-14-15-35(17-24(22)45-28)31(41)43-32(2,3)4/h7-13,16,23H,6,14-15,17H2,1-5H3,(H,33,36)(H,34,37)(H,38,39). The van der Waals surface area contributed by atoms with Crippen molar-refractivity contribution >= 4 is 63.6 Å². The van der Waals surface area contributed by atoms with Crippen LogP contribution in [0.15, 0.2) is 53.4 Å². The third kappa shape index (κ3) is 8.22.